The highest BCUT2D eigenvalue weighted by atomic mass is 16.5. The molecule has 4 aliphatic heterocycles. The van der Waals surface area contributed by atoms with Crippen LogP contribution in [0.4, 0.5) is 17.1 Å². The van der Waals surface area contributed by atoms with Crippen LogP contribution in [0, 0.1) is 0 Å². The third kappa shape index (κ3) is 5.52. The fourth-order valence-corrected chi connectivity index (χ4v) is 12.1. The maximum absolute atomic E-state index is 7.71. The van der Waals surface area contributed by atoms with Gasteiger partial charge in [-0.25, -0.2) is 0 Å². The Labute approximate surface area is 398 Å². The van der Waals surface area contributed by atoms with Crippen LogP contribution in [0.15, 0.2) is 170 Å². The van der Waals surface area contributed by atoms with E-state index >= 15 is 0 Å². The summed E-state index contributed by atoms with van der Waals surface area (Å²) >= 11 is 0. The summed E-state index contributed by atoms with van der Waals surface area (Å²) in [4.78, 5) is 2.50. The SMILES string of the molecule is CCc1ccc(N2c3ccc(CC)cc3B3c4cc(-c5ccccc5)ccc4Oc4c3c2c2c3c4-n4c5ccc(CC)cc5c5cc(CC)cc(c54)B3c3cc(-c4ccccc4)ccc3O2)cc1. The highest BCUT2D eigenvalue weighted by Gasteiger charge is 2.51. The number of fused-ring (bicyclic) bond motifs is 13. The predicted octanol–water partition coefficient (Wildman–Crippen LogP) is 11.7. The molecule has 5 heterocycles. The molecule has 0 spiro atoms. The van der Waals surface area contributed by atoms with Crippen LogP contribution < -0.4 is 47.2 Å². The average molecular weight is 875 g/mol. The lowest BCUT2D eigenvalue weighted by Gasteiger charge is -2.45. The van der Waals surface area contributed by atoms with Crippen LogP contribution in [0.3, 0.4) is 0 Å². The van der Waals surface area contributed by atoms with Gasteiger partial charge in [0, 0.05) is 38.6 Å². The number of hydrogen-bond acceptors (Lipinski definition) is 3. The van der Waals surface area contributed by atoms with Crippen molar-refractivity contribution in [3.8, 4) is 50.9 Å². The first-order valence-corrected chi connectivity index (χ1v) is 24.6. The lowest BCUT2D eigenvalue weighted by atomic mass is 9.31. The van der Waals surface area contributed by atoms with Crippen molar-refractivity contribution in [3.05, 3.63) is 192 Å². The van der Waals surface area contributed by atoms with Gasteiger partial charge >= 0.3 is 0 Å². The van der Waals surface area contributed by atoms with E-state index < -0.39 is 0 Å². The molecule has 0 N–H and O–H groups in total. The zero-order valence-corrected chi connectivity index (χ0v) is 38.9. The molecule has 4 nitrogen and oxygen atoms in total. The van der Waals surface area contributed by atoms with E-state index in [4.69, 9.17) is 9.47 Å². The highest BCUT2D eigenvalue weighted by molar-refractivity contribution is 7.02. The fraction of sp³-hybridized carbons (Fsp3) is 0.129. The number of aromatic nitrogens is 1. The van der Waals surface area contributed by atoms with Crippen molar-refractivity contribution >= 4 is 85.1 Å². The summed E-state index contributed by atoms with van der Waals surface area (Å²) in [5.74, 6) is 3.60. The second-order valence-electron chi connectivity index (χ2n) is 19.1. The Hall–Kier alpha value is -7.69. The van der Waals surface area contributed by atoms with Gasteiger partial charge in [0.15, 0.2) is 0 Å². The Kier molecular flexibility index (Phi) is 8.65. The van der Waals surface area contributed by atoms with Crippen LogP contribution in [0.25, 0.3) is 49.7 Å². The van der Waals surface area contributed by atoms with Gasteiger partial charge in [-0.3, -0.25) is 0 Å². The van der Waals surface area contributed by atoms with Gasteiger partial charge in [0.05, 0.1) is 16.9 Å². The van der Waals surface area contributed by atoms with E-state index in [0.29, 0.717) is 0 Å². The molecule has 0 atom stereocenters. The Balaban J connectivity index is 1.17. The molecule has 0 unspecified atom stereocenters. The van der Waals surface area contributed by atoms with Gasteiger partial charge in [0.25, 0.3) is 13.4 Å². The first-order chi connectivity index (χ1) is 33.5. The highest BCUT2D eigenvalue weighted by Crippen LogP contribution is 2.51. The molecule has 9 aromatic carbocycles. The number of ether oxygens (including phenoxy) is 2. The van der Waals surface area contributed by atoms with Crippen LogP contribution in [0.1, 0.15) is 49.9 Å². The molecule has 324 valence electrons. The van der Waals surface area contributed by atoms with E-state index in [1.165, 1.54) is 93.9 Å². The van der Waals surface area contributed by atoms with Crippen molar-refractivity contribution in [2.75, 3.05) is 4.90 Å². The van der Waals surface area contributed by atoms with Crippen LogP contribution in [-0.2, 0) is 25.7 Å². The van der Waals surface area contributed by atoms with Crippen molar-refractivity contribution in [3.63, 3.8) is 0 Å². The predicted molar refractivity (Wildman–Crippen MR) is 286 cm³/mol. The molecule has 68 heavy (non-hydrogen) atoms. The molecular weight excluding hydrogens is 826 g/mol. The number of aryl methyl sites for hydroxylation is 4. The van der Waals surface area contributed by atoms with E-state index in [1.807, 2.05) is 0 Å². The summed E-state index contributed by atoms with van der Waals surface area (Å²) in [6.07, 6.45) is 3.81. The minimum absolute atomic E-state index is 0.137. The normalized spacial score (nSPS) is 13.4. The minimum Gasteiger partial charge on any atom is -0.456 e. The van der Waals surface area contributed by atoms with Crippen molar-refractivity contribution in [1.82, 2.24) is 4.57 Å². The average Bonchev–Trinajstić information content (AvgIpc) is 3.73. The smallest absolute Gasteiger partial charge is 0.256 e. The molecule has 10 aromatic rings. The Morgan fingerprint density at radius 3 is 1.57 bits per heavy atom. The first kappa shape index (κ1) is 39.5. The van der Waals surface area contributed by atoms with Gasteiger partial charge < -0.3 is 18.9 Å². The van der Waals surface area contributed by atoms with Crippen LogP contribution in [0.2, 0.25) is 0 Å². The van der Waals surface area contributed by atoms with Gasteiger partial charge in [-0.05, 0) is 141 Å². The molecule has 4 aliphatic rings. The second kappa shape index (κ2) is 14.9. The maximum Gasteiger partial charge on any atom is 0.256 e. The van der Waals surface area contributed by atoms with Crippen LogP contribution in [-0.4, -0.2) is 18.0 Å². The van der Waals surface area contributed by atoms with Crippen molar-refractivity contribution in [2.24, 2.45) is 0 Å². The lowest BCUT2D eigenvalue weighted by molar-refractivity contribution is 0.475. The summed E-state index contributed by atoms with van der Waals surface area (Å²) in [5.41, 5.74) is 24.1. The molecule has 6 heteroatoms. The van der Waals surface area contributed by atoms with Crippen molar-refractivity contribution in [1.29, 1.82) is 0 Å². The van der Waals surface area contributed by atoms with E-state index in [0.717, 1.165) is 76.7 Å². The minimum atomic E-state index is -0.140. The summed E-state index contributed by atoms with van der Waals surface area (Å²) < 4.78 is 18.0. The van der Waals surface area contributed by atoms with E-state index in [2.05, 4.69) is 207 Å². The monoisotopic (exact) mass is 874 g/mol. The molecule has 0 bridgehead atoms. The largest absolute Gasteiger partial charge is 0.456 e. The Morgan fingerprint density at radius 1 is 0.412 bits per heavy atom. The molecule has 0 saturated heterocycles. The summed E-state index contributed by atoms with van der Waals surface area (Å²) in [5, 5.41) is 2.58. The number of rotatable bonds is 7. The zero-order chi connectivity index (χ0) is 45.4. The number of nitrogens with zero attached hydrogens (tertiary/aromatic N) is 2. The number of benzene rings is 9. The molecule has 0 radical (unpaired) electrons. The van der Waals surface area contributed by atoms with Gasteiger partial charge in [-0.2, -0.15) is 0 Å². The first-order valence-electron chi connectivity index (χ1n) is 24.6. The van der Waals surface area contributed by atoms with Gasteiger partial charge in [-0.1, -0.05) is 149 Å². The van der Waals surface area contributed by atoms with Gasteiger partial charge in [-0.15, -0.1) is 0 Å². The molecule has 0 saturated carbocycles. The van der Waals surface area contributed by atoms with E-state index in [-0.39, 0.29) is 13.4 Å². The fourth-order valence-electron chi connectivity index (χ4n) is 12.1. The summed E-state index contributed by atoms with van der Waals surface area (Å²) in [6.45, 7) is 8.76. The quantitative estimate of drug-likeness (QED) is 0.149. The van der Waals surface area contributed by atoms with Crippen LogP contribution >= 0.6 is 0 Å². The van der Waals surface area contributed by atoms with Crippen LogP contribution in [0.5, 0.6) is 23.0 Å². The number of anilines is 3. The third-order valence-corrected chi connectivity index (χ3v) is 15.5. The van der Waals surface area contributed by atoms with Gasteiger partial charge in [0.2, 0.25) is 0 Å². The van der Waals surface area contributed by atoms with E-state index in [9.17, 15) is 0 Å². The molecule has 0 amide bonds. The molecule has 0 fully saturated rings. The second-order valence-corrected chi connectivity index (χ2v) is 19.1. The topological polar surface area (TPSA) is 26.6 Å². The standard InChI is InChI=1S/C62H48B2N2O2/c1-5-37-19-25-45(26-20-37)65-53-28-22-39(7-3)33-48(53)63-49-35-43(41-15-11-9-12-16-41)23-29-54(49)68-62-56(63)59(65)61-57-60(62)66-52-27-21-38(6-2)31-46(52)47-32-40(8-4)34-51(58(47)66)64(57)50-36-44(24-30-55(50)67-61)42-17-13-10-14-18-42/h9-36H,5-8H2,1-4H3. The number of hydrogen-bond donors (Lipinski definition) is 0. The Morgan fingerprint density at radius 2 is 0.941 bits per heavy atom. The Bertz CT molecular complexity index is 3750. The molecule has 1 aromatic heterocycles. The summed E-state index contributed by atoms with van der Waals surface area (Å²) in [6, 6.07) is 63.7. The molecule has 14 rings (SSSR count). The zero-order valence-electron chi connectivity index (χ0n) is 38.9. The lowest BCUT2D eigenvalue weighted by Crippen LogP contribution is -2.63. The molecular formula is C62H48B2N2O2. The van der Waals surface area contributed by atoms with Crippen molar-refractivity contribution in [2.45, 2.75) is 53.4 Å². The third-order valence-electron chi connectivity index (χ3n) is 15.5. The maximum atomic E-state index is 7.71. The summed E-state index contributed by atoms with van der Waals surface area (Å²) in [7, 11) is 0. The molecule has 0 aliphatic carbocycles. The van der Waals surface area contributed by atoms with Gasteiger partial charge in [0.1, 0.15) is 23.0 Å². The van der Waals surface area contributed by atoms with E-state index in [1.54, 1.807) is 0 Å². The van der Waals surface area contributed by atoms with Crippen molar-refractivity contribution < 1.29 is 9.47 Å².